The van der Waals surface area contributed by atoms with Gasteiger partial charge in [0.15, 0.2) is 0 Å². The molecule has 0 atom stereocenters. The highest BCUT2D eigenvalue weighted by molar-refractivity contribution is 5.54. The Labute approximate surface area is 88.1 Å². The van der Waals surface area contributed by atoms with Crippen molar-refractivity contribution in [2.24, 2.45) is 0 Å². The van der Waals surface area contributed by atoms with E-state index in [0.717, 1.165) is 12.1 Å². The van der Waals surface area contributed by atoms with E-state index in [0.29, 0.717) is 18.4 Å². The zero-order valence-corrected chi connectivity index (χ0v) is 8.93. The molecule has 1 rings (SSSR count). The quantitative estimate of drug-likeness (QED) is 0.829. The van der Waals surface area contributed by atoms with Crippen LogP contribution < -0.4 is 4.90 Å². The van der Waals surface area contributed by atoms with Gasteiger partial charge in [0.2, 0.25) is 0 Å². The van der Waals surface area contributed by atoms with Crippen LogP contribution >= 0.6 is 0 Å². The number of rotatable bonds is 4. The Kier molecular flexibility index (Phi) is 4.03. The number of halogens is 2. The van der Waals surface area contributed by atoms with Gasteiger partial charge in [0.05, 0.1) is 5.69 Å². The summed E-state index contributed by atoms with van der Waals surface area (Å²) in [5, 5.41) is 8.69. The maximum atomic E-state index is 13.4. The maximum absolute atomic E-state index is 13.4. The molecule has 0 fully saturated rings. The molecule has 84 valence electrons. The SMILES string of the molecule is CN(C)c1c(F)ccc(F)c1CCCO. The maximum Gasteiger partial charge on any atom is 0.146 e. The average molecular weight is 215 g/mol. The van der Waals surface area contributed by atoms with Crippen LogP contribution in [0.5, 0.6) is 0 Å². The molecule has 1 aromatic carbocycles. The van der Waals surface area contributed by atoms with Crippen LogP contribution in [0, 0.1) is 11.6 Å². The summed E-state index contributed by atoms with van der Waals surface area (Å²) >= 11 is 0. The van der Waals surface area contributed by atoms with Crippen LogP contribution in [0.4, 0.5) is 14.5 Å². The smallest absolute Gasteiger partial charge is 0.146 e. The van der Waals surface area contributed by atoms with Gasteiger partial charge in [-0.05, 0) is 25.0 Å². The fourth-order valence-corrected chi connectivity index (χ4v) is 1.56. The van der Waals surface area contributed by atoms with Gasteiger partial charge in [0.1, 0.15) is 11.6 Å². The Morgan fingerprint density at radius 3 is 2.33 bits per heavy atom. The van der Waals surface area contributed by atoms with Crippen LogP contribution in [-0.4, -0.2) is 25.8 Å². The second-order valence-corrected chi connectivity index (χ2v) is 3.58. The minimum Gasteiger partial charge on any atom is -0.396 e. The number of aliphatic hydroxyl groups is 1. The zero-order valence-electron chi connectivity index (χ0n) is 8.93. The molecule has 0 aliphatic rings. The van der Waals surface area contributed by atoms with E-state index >= 15 is 0 Å². The molecule has 0 saturated heterocycles. The number of benzene rings is 1. The van der Waals surface area contributed by atoms with Crippen molar-refractivity contribution in [2.75, 3.05) is 25.6 Å². The molecule has 0 bridgehead atoms. The molecule has 1 aromatic rings. The second-order valence-electron chi connectivity index (χ2n) is 3.58. The molecule has 4 heteroatoms. The number of anilines is 1. The third-order valence-electron chi connectivity index (χ3n) is 2.21. The Balaban J connectivity index is 3.13. The Morgan fingerprint density at radius 1 is 1.20 bits per heavy atom. The Hall–Kier alpha value is -1.16. The first-order chi connectivity index (χ1) is 7.07. The van der Waals surface area contributed by atoms with E-state index in [4.69, 9.17) is 5.11 Å². The summed E-state index contributed by atoms with van der Waals surface area (Å²) in [4.78, 5) is 1.55. The Morgan fingerprint density at radius 2 is 1.80 bits per heavy atom. The molecule has 1 N–H and O–H groups in total. The van der Waals surface area contributed by atoms with Crippen molar-refractivity contribution in [3.8, 4) is 0 Å². The minimum atomic E-state index is -0.436. The number of hydrogen-bond donors (Lipinski definition) is 1. The van der Waals surface area contributed by atoms with Crippen molar-refractivity contribution in [3.05, 3.63) is 29.3 Å². The van der Waals surface area contributed by atoms with Crippen molar-refractivity contribution in [3.63, 3.8) is 0 Å². The summed E-state index contributed by atoms with van der Waals surface area (Å²) in [6, 6.07) is 2.24. The van der Waals surface area contributed by atoms with Gasteiger partial charge in [-0.2, -0.15) is 0 Å². The lowest BCUT2D eigenvalue weighted by atomic mass is 10.1. The fraction of sp³-hybridized carbons (Fsp3) is 0.455. The summed E-state index contributed by atoms with van der Waals surface area (Å²) < 4.78 is 26.9. The molecular formula is C11H15F2NO. The molecule has 0 aliphatic carbocycles. The van der Waals surface area contributed by atoms with E-state index in [1.165, 1.54) is 0 Å². The summed E-state index contributed by atoms with van der Waals surface area (Å²) in [5.41, 5.74) is 0.595. The predicted molar refractivity (Wildman–Crippen MR) is 56.1 cm³/mol. The second kappa shape index (κ2) is 5.07. The number of aliphatic hydroxyl groups excluding tert-OH is 1. The van der Waals surface area contributed by atoms with Gasteiger partial charge >= 0.3 is 0 Å². The molecule has 2 nitrogen and oxygen atoms in total. The van der Waals surface area contributed by atoms with E-state index in [1.807, 2.05) is 0 Å². The van der Waals surface area contributed by atoms with Crippen LogP contribution in [0.15, 0.2) is 12.1 Å². The normalized spacial score (nSPS) is 10.5. The van der Waals surface area contributed by atoms with Gasteiger partial charge < -0.3 is 10.0 Å². The lowest BCUT2D eigenvalue weighted by Gasteiger charge is -2.18. The lowest BCUT2D eigenvalue weighted by Crippen LogP contribution is -2.15. The molecule has 0 saturated carbocycles. The molecule has 0 spiro atoms. The third kappa shape index (κ3) is 2.65. The first-order valence-electron chi connectivity index (χ1n) is 4.83. The van der Waals surface area contributed by atoms with Crippen LogP contribution in [0.3, 0.4) is 0 Å². The Bertz CT molecular complexity index is 340. The molecule has 0 aliphatic heterocycles. The highest BCUT2D eigenvalue weighted by Crippen LogP contribution is 2.26. The van der Waals surface area contributed by atoms with Gasteiger partial charge in [0.25, 0.3) is 0 Å². The summed E-state index contributed by atoms with van der Waals surface area (Å²) in [5.74, 6) is -0.858. The lowest BCUT2D eigenvalue weighted by molar-refractivity contribution is 0.288. The molecular weight excluding hydrogens is 200 g/mol. The van der Waals surface area contributed by atoms with Crippen LogP contribution in [0.2, 0.25) is 0 Å². The van der Waals surface area contributed by atoms with Crippen molar-refractivity contribution < 1.29 is 13.9 Å². The van der Waals surface area contributed by atoms with Crippen LogP contribution in [0.25, 0.3) is 0 Å². The van der Waals surface area contributed by atoms with Crippen molar-refractivity contribution in [1.82, 2.24) is 0 Å². The standard InChI is InChI=1S/C11H15F2NO/c1-14(2)11-8(4-3-7-15)9(12)5-6-10(11)13/h5-6,15H,3-4,7H2,1-2H3. The molecule has 0 unspecified atom stereocenters. The first kappa shape index (κ1) is 11.9. The average Bonchev–Trinajstić information content (AvgIpc) is 2.18. The third-order valence-corrected chi connectivity index (χ3v) is 2.21. The van der Waals surface area contributed by atoms with Gasteiger partial charge in [-0.1, -0.05) is 0 Å². The molecule has 0 heterocycles. The van der Waals surface area contributed by atoms with Crippen LogP contribution in [0.1, 0.15) is 12.0 Å². The zero-order chi connectivity index (χ0) is 11.4. The van der Waals surface area contributed by atoms with E-state index < -0.39 is 11.6 Å². The molecule has 0 aromatic heterocycles. The highest BCUT2D eigenvalue weighted by Gasteiger charge is 2.14. The van der Waals surface area contributed by atoms with E-state index in [2.05, 4.69) is 0 Å². The monoisotopic (exact) mass is 215 g/mol. The molecule has 0 radical (unpaired) electrons. The van der Waals surface area contributed by atoms with Crippen molar-refractivity contribution in [2.45, 2.75) is 12.8 Å². The van der Waals surface area contributed by atoms with E-state index in [9.17, 15) is 8.78 Å². The summed E-state index contributed by atoms with van der Waals surface area (Å²) in [6.07, 6.45) is 0.773. The van der Waals surface area contributed by atoms with Crippen LogP contribution in [-0.2, 0) is 6.42 Å². The summed E-state index contributed by atoms with van der Waals surface area (Å²) in [6.45, 7) is -0.0250. The van der Waals surface area contributed by atoms with Gasteiger partial charge in [-0.3, -0.25) is 0 Å². The van der Waals surface area contributed by atoms with E-state index in [1.54, 1.807) is 19.0 Å². The number of hydrogen-bond acceptors (Lipinski definition) is 2. The molecule has 15 heavy (non-hydrogen) atoms. The van der Waals surface area contributed by atoms with Gasteiger partial charge in [-0.25, -0.2) is 8.78 Å². The topological polar surface area (TPSA) is 23.5 Å². The van der Waals surface area contributed by atoms with Gasteiger partial charge in [0, 0.05) is 26.3 Å². The van der Waals surface area contributed by atoms with E-state index in [-0.39, 0.29) is 12.3 Å². The van der Waals surface area contributed by atoms with Gasteiger partial charge in [-0.15, -0.1) is 0 Å². The summed E-state index contributed by atoms with van der Waals surface area (Å²) in [7, 11) is 3.33. The van der Waals surface area contributed by atoms with Crippen molar-refractivity contribution in [1.29, 1.82) is 0 Å². The van der Waals surface area contributed by atoms with Crippen molar-refractivity contribution >= 4 is 5.69 Å². The number of nitrogens with zero attached hydrogens (tertiary/aromatic N) is 1. The predicted octanol–water partition coefficient (Wildman–Crippen LogP) is 1.96. The highest BCUT2D eigenvalue weighted by atomic mass is 19.1. The minimum absolute atomic E-state index is 0.0250. The largest absolute Gasteiger partial charge is 0.396 e. The molecule has 0 amide bonds. The first-order valence-corrected chi connectivity index (χ1v) is 4.83. The fourth-order valence-electron chi connectivity index (χ4n) is 1.56.